The zero-order chi connectivity index (χ0) is 57.1. The molecule has 1 unspecified atom stereocenters. The molecule has 0 heterocycles. The number of ether oxygens (including phenoxy) is 3. The number of carbonyl (C=O) groups excluding carboxylic acids is 3. The van der Waals surface area contributed by atoms with Crippen molar-refractivity contribution in [2.24, 2.45) is 0 Å². The van der Waals surface area contributed by atoms with Gasteiger partial charge in [-0.25, -0.2) is 0 Å². The number of esters is 3. The van der Waals surface area contributed by atoms with Crippen LogP contribution in [0.1, 0.15) is 226 Å². The number of rotatable bonds is 53. The van der Waals surface area contributed by atoms with Crippen molar-refractivity contribution in [2.45, 2.75) is 232 Å². The van der Waals surface area contributed by atoms with Crippen LogP contribution in [0.25, 0.3) is 0 Å². The second-order valence-corrected chi connectivity index (χ2v) is 19.5. The zero-order valence-corrected chi connectivity index (χ0v) is 50.0. The predicted molar refractivity (Wildman–Crippen MR) is 343 cm³/mol. The van der Waals surface area contributed by atoms with E-state index in [2.05, 4.69) is 203 Å². The Bertz CT molecular complexity index is 1920. The maximum Gasteiger partial charge on any atom is 0.306 e. The van der Waals surface area contributed by atoms with Gasteiger partial charge >= 0.3 is 17.9 Å². The van der Waals surface area contributed by atoms with Gasteiger partial charge in [-0.3, -0.25) is 14.4 Å². The molecule has 0 aromatic rings. The van der Waals surface area contributed by atoms with Gasteiger partial charge in [-0.2, -0.15) is 0 Å². The molecule has 6 nitrogen and oxygen atoms in total. The van der Waals surface area contributed by atoms with E-state index < -0.39 is 6.10 Å². The first kappa shape index (κ1) is 73.2. The van der Waals surface area contributed by atoms with Gasteiger partial charge in [0.2, 0.25) is 0 Å². The van der Waals surface area contributed by atoms with Crippen molar-refractivity contribution in [1.29, 1.82) is 0 Å². The van der Waals surface area contributed by atoms with E-state index in [1.807, 2.05) is 12.2 Å². The molecule has 0 saturated heterocycles. The van der Waals surface area contributed by atoms with Crippen molar-refractivity contribution < 1.29 is 28.6 Å². The summed E-state index contributed by atoms with van der Waals surface area (Å²) >= 11 is 0. The van der Waals surface area contributed by atoms with Gasteiger partial charge in [0.05, 0.1) is 0 Å². The zero-order valence-electron chi connectivity index (χ0n) is 50.0. The highest BCUT2D eigenvalue weighted by molar-refractivity contribution is 5.71. The summed E-state index contributed by atoms with van der Waals surface area (Å²) in [7, 11) is 0. The summed E-state index contributed by atoms with van der Waals surface area (Å²) in [5.41, 5.74) is 0. The van der Waals surface area contributed by atoms with E-state index in [1.165, 1.54) is 19.3 Å². The Balaban J connectivity index is 4.47. The van der Waals surface area contributed by atoms with Gasteiger partial charge in [-0.15, -0.1) is 0 Å². The molecule has 0 radical (unpaired) electrons. The fraction of sp³-hybridized carbons (Fsp3) is 0.521. The molecule has 0 aromatic carbocycles. The Morgan fingerprint density at radius 2 is 0.481 bits per heavy atom. The highest BCUT2D eigenvalue weighted by atomic mass is 16.6. The molecule has 0 aliphatic rings. The van der Waals surface area contributed by atoms with E-state index in [1.54, 1.807) is 0 Å². The van der Waals surface area contributed by atoms with Crippen molar-refractivity contribution in [3.63, 3.8) is 0 Å². The molecule has 0 aromatic heterocycles. The second kappa shape index (κ2) is 64.8. The Morgan fingerprint density at radius 1 is 0.253 bits per heavy atom. The largest absolute Gasteiger partial charge is 0.462 e. The van der Waals surface area contributed by atoms with Crippen LogP contribution in [0.4, 0.5) is 0 Å². The maximum atomic E-state index is 12.9. The van der Waals surface area contributed by atoms with Crippen LogP contribution in [-0.4, -0.2) is 37.2 Å². The van der Waals surface area contributed by atoms with Crippen molar-refractivity contribution in [3.8, 4) is 0 Å². The Morgan fingerprint density at radius 3 is 0.797 bits per heavy atom. The number of carbonyl (C=O) groups is 3. The third-order valence-electron chi connectivity index (χ3n) is 12.1. The fourth-order valence-electron chi connectivity index (χ4n) is 7.58. The standard InChI is InChI=1S/C73H110O6/c1-4-7-10-13-16-19-22-25-27-29-30-31-32-33-34-35-36-37-38-39-40-41-42-44-45-48-51-54-57-60-63-66-72(75)78-69-70(68-77-71(74)65-62-59-56-53-50-47-24-21-18-15-12-9-6-3)79-73(76)67-64-61-58-55-52-49-46-43-28-26-23-20-17-14-11-8-5-2/h7-12,16-21,25-28,30-31,33-34,36-37,39-40,42,44,47-48,50-51,56,59,70H,4-6,13-15,22-24,29,32,35,38,41,43,45-46,49,52-55,57-58,60-69H2,1-3H3/b10-7-,11-8-,12-9-,19-16-,20-17-,21-18-,27-25-,28-26-,31-30-,34-33-,37-36-,40-39-,44-42-,50-47-,51-48-,59-56-. The summed E-state index contributed by atoms with van der Waals surface area (Å²) in [5, 5.41) is 0. The summed E-state index contributed by atoms with van der Waals surface area (Å²) < 4.78 is 16.8. The fourth-order valence-corrected chi connectivity index (χ4v) is 7.58. The van der Waals surface area contributed by atoms with E-state index in [4.69, 9.17) is 14.2 Å². The third-order valence-corrected chi connectivity index (χ3v) is 12.1. The summed E-state index contributed by atoms with van der Waals surface area (Å²) in [6.45, 7) is 6.17. The Labute approximate surface area is 484 Å². The molecule has 0 fully saturated rings. The molecule has 0 N–H and O–H groups in total. The number of hydrogen-bond acceptors (Lipinski definition) is 6. The van der Waals surface area contributed by atoms with Crippen molar-refractivity contribution >= 4 is 17.9 Å². The van der Waals surface area contributed by atoms with Crippen LogP contribution in [0.5, 0.6) is 0 Å². The molecule has 0 aliphatic heterocycles. The topological polar surface area (TPSA) is 78.9 Å². The molecular weight excluding hydrogens is 973 g/mol. The van der Waals surface area contributed by atoms with Crippen molar-refractivity contribution in [2.75, 3.05) is 13.2 Å². The van der Waals surface area contributed by atoms with Crippen LogP contribution in [0.2, 0.25) is 0 Å². The molecule has 6 heteroatoms. The van der Waals surface area contributed by atoms with E-state index in [-0.39, 0.29) is 44.0 Å². The number of unbranched alkanes of at least 4 members (excludes halogenated alkanes) is 10. The van der Waals surface area contributed by atoms with Gasteiger partial charge in [0, 0.05) is 19.3 Å². The second-order valence-electron chi connectivity index (χ2n) is 19.5. The molecule has 0 amide bonds. The smallest absolute Gasteiger partial charge is 0.306 e. The van der Waals surface area contributed by atoms with Gasteiger partial charge in [-0.05, 0) is 148 Å². The van der Waals surface area contributed by atoms with Gasteiger partial charge < -0.3 is 14.2 Å². The lowest BCUT2D eigenvalue weighted by molar-refractivity contribution is -0.166. The van der Waals surface area contributed by atoms with Gasteiger partial charge in [0.25, 0.3) is 0 Å². The highest BCUT2D eigenvalue weighted by Gasteiger charge is 2.19. The van der Waals surface area contributed by atoms with Crippen LogP contribution in [-0.2, 0) is 28.6 Å². The van der Waals surface area contributed by atoms with E-state index in [0.29, 0.717) is 12.8 Å². The van der Waals surface area contributed by atoms with Crippen molar-refractivity contribution in [3.05, 3.63) is 194 Å². The molecular formula is C73H110O6. The van der Waals surface area contributed by atoms with Crippen molar-refractivity contribution in [1.82, 2.24) is 0 Å². The molecule has 0 rings (SSSR count). The first-order chi connectivity index (χ1) is 39.0. The Hall–Kier alpha value is -5.75. The van der Waals surface area contributed by atoms with E-state index in [9.17, 15) is 14.4 Å². The lowest BCUT2D eigenvalue weighted by Crippen LogP contribution is -2.30. The summed E-state index contributed by atoms with van der Waals surface area (Å²) in [6, 6.07) is 0. The molecule has 0 spiro atoms. The van der Waals surface area contributed by atoms with Gasteiger partial charge in [0.15, 0.2) is 6.10 Å². The summed E-state index contributed by atoms with van der Waals surface area (Å²) in [4.78, 5) is 38.2. The maximum absolute atomic E-state index is 12.9. The minimum Gasteiger partial charge on any atom is -0.462 e. The SMILES string of the molecule is CC/C=C\C/C=C\C/C=C\C/C=C\C/C=C\C/C=C\C/C=C\C/C=C\C/C=C\CCCCCC(=O)OCC(COC(=O)CC/C=C\C/C=C\C/C=C\C/C=C\CC)OC(=O)CCCCCCCCC/C=C\C/C=C\C/C=C\CC. The Kier molecular flexibility index (Phi) is 60.1. The molecule has 0 bridgehead atoms. The van der Waals surface area contributed by atoms with Gasteiger partial charge in [-0.1, -0.05) is 254 Å². The van der Waals surface area contributed by atoms with Crippen LogP contribution in [0.3, 0.4) is 0 Å². The number of allylic oxidation sites excluding steroid dienone is 32. The monoisotopic (exact) mass is 1080 g/mol. The minimum absolute atomic E-state index is 0.132. The average Bonchev–Trinajstić information content (AvgIpc) is 3.45. The first-order valence-electron chi connectivity index (χ1n) is 30.9. The third kappa shape index (κ3) is 63.0. The molecule has 438 valence electrons. The molecule has 0 saturated carbocycles. The van der Waals surface area contributed by atoms with Gasteiger partial charge in [0.1, 0.15) is 13.2 Å². The molecule has 79 heavy (non-hydrogen) atoms. The molecule has 1 atom stereocenters. The summed E-state index contributed by atoms with van der Waals surface area (Å²) in [5.74, 6) is -1.07. The summed E-state index contributed by atoms with van der Waals surface area (Å²) in [6.07, 6.45) is 98.8. The predicted octanol–water partition coefficient (Wildman–Crippen LogP) is 21.4. The highest BCUT2D eigenvalue weighted by Crippen LogP contribution is 2.13. The van der Waals surface area contributed by atoms with E-state index in [0.717, 1.165) is 161 Å². The van der Waals surface area contributed by atoms with E-state index >= 15 is 0 Å². The lowest BCUT2D eigenvalue weighted by atomic mass is 10.1. The molecule has 0 aliphatic carbocycles. The van der Waals surface area contributed by atoms with Crippen LogP contribution in [0.15, 0.2) is 194 Å². The first-order valence-corrected chi connectivity index (χ1v) is 30.9. The average molecular weight is 1080 g/mol. The van der Waals surface area contributed by atoms with Crippen LogP contribution >= 0.6 is 0 Å². The lowest BCUT2D eigenvalue weighted by Gasteiger charge is -2.18. The minimum atomic E-state index is -0.839. The van der Waals surface area contributed by atoms with Crippen LogP contribution < -0.4 is 0 Å². The normalized spacial score (nSPS) is 13.5. The van der Waals surface area contributed by atoms with Crippen LogP contribution in [0, 0.1) is 0 Å². The number of hydrogen-bond donors (Lipinski definition) is 0. The quantitative estimate of drug-likeness (QED) is 0.0261.